The highest BCUT2D eigenvalue weighted by atomic mass is 16.5. The summed E-state index contributed by atoms with van der Waals surface area (Å²) < 4.78 is 4.52. The maximum absolute atomic E-state index is 11.0. The van der Waals surface area contributed by atoms with Gasteiger partial charge in [0, 0.05) is 6.54 Å². The monoisotopic (exact) mass is 275 g/mol. The first-order valence-corrected chi connectivity index (χ1v) is 7.01. The molecular formula is C15H21N3O2. The summed E-state index contributed by atoms with van der Waals surface area (Å²) in [4.78, 5) is 15.3. The molecule has 20 heavy (non-hydrogen) atoms. The van der Waals surface area contributed by atoms with Gasteiger partial charge in [-0.3, -0.25) is 5.32 Å². The summed E-state index contributed by atoms with van der Waals surface area (Å²) in [5.74, 6) is 0.817. The summed E-state index contributed by atoms with van der Waals surface area (Å²) in [6.45, 7) is 0.891. The van der Waals surface area contributed by atoms with E-state index >= 15 is 0 Å². The normalized spacial score (nSPS) is 14.3. The van der Waals surface area contributed by atoms with E-state index in [1.807, 2.05) is 6.07 Å². The summed E-state index contributed by atoms with van der Waals surface area (Å²) in [7, 11) is 1.33. The number of amides is 1. The molecule has 1 amide bonds. The predicted octanol–water partition coefficient (Wildman–Crippen LogP) is 3.56. The molecule has 5 nitrogen and oxygen atoms in total. The van der Waals surface area contributed by atoms with Crippen molar-refractivity contribution in [2.75, 3.05) is 24.3 Å². The minimum absolute atomic E-state index is 0.489. The number of aromatic nitrogens is 1. The van der Waals surface area contributed by atoms with Crippen molar-refractivity contribution < 1.29 is 9.53 Å². The van der Waals surface area contributed by atoms with E-state index in [1.54, 1.807) is 17.8 Å². The quantitative estimate of drug-likeness (QED) is 0.806. The van der Waals surface area contributed by atoms with Crippen LogP contribution < -0.4 is 10.6 Å². The van der Waals surface area contributed by atoms with Crippen LogP contribution in [0.1, 0.15) is 32.1 Å². The SMILES string of the molecule is COC(=O)Nc1ccc(NCCC2=CCCCC2)nc1. The van der Waals surface area contributed by atoms with Crippen molar-refractivity contribution in [2.45, 2.75) is 32.1 Å². The highest BCUT2D eigenvalue weighted by molar-refractivity contribution is 5.84. The number of hydrogen-bond donors (Lipinski definition) is 2. The van der Waals surface area contributed by atoms with E-state index < -0.39 is 6.09 Å². The average Bonchev–Trinajstić information content (AvgIpc) is 2.50. The Kier molecular flexibility index (Phi) is 5.41. The van der Waals surface area contributed by atoms with Crippen LogP contribution in [0.2, 0.25) is 0 Å². The van der Waals surface area contributed by atoms with E-state index in [9.17, 15) is 4.79 Å². The first kappa shape index (κ1) is 14.4. The fourth-order valence-corrected chi connectivity index (χ4v) is 2.22. The van der Waals surface area contributed by atoms with Gasteiger partial charge in [-0.25, -0.2) is 9.78 Å². The summed E-state index contributed by atoms with van der Waals surface area (Å²) in [6.07, 6.45) is 9.66. The third-order valence-corrected chi connectivity index (χ3v) is 3.33. The number of pyridine rings is 1. The number of ether oxygens (including phenoxy) is 1. The number of carbonyl (C=O) groups is 1. The molecule has 0 atom stereocenters. The number of carbonyl (C=O) groups excluding carboxylic acids is 1. The summed E-state index contributed by atoms with van der Waals surface area (Å²) in [5.41, 5.74) is 2.17. The van der Waals surface area contributed by atoms with Crippen molar-refractivity contribution in [3.63, 3.8) is 0 Å². The third kappa shape index (κ3) is 4.57. The van der Waals surface area contributed by atoms with Gasteiger partial charge < -0.3 is 10.1 Å². The molecule has 0 fully saturated rings. The van der Waals surface area contributed by atoms with E-state index in [2.05, 4.69) is 26.4 Å². The predicted molar refractivity (Wildman–Crippen MR) is 79.9 cm³/mol. The van der Waals surface area contributed by atoms with Crippen LogP contribution in [0.5, 0.6) is 0 Å². The van der Waals surface area contributed by atoms with Crippen LogP contribution in [-0.4, -0.2) is 24.7 Å². The molecule has 1 heterocycles. The van der Waals surface area contributed by atoms with E-state index in [0.29, 0.717) is 5.69 Å². The van der Waals surface area contributed by atoms with Gasteiger partial charge in [0.1, 0.15) is 5.82 Å². The molecule has 0 unspecified atom stereocenters. The van der Waals surface area contributed by atoms with Gasteiger partial charge >= 0.3 is 6.09 Å². The lowest BCUT2D eigenvalue weighted by Crippen LogP contribution is -2.11. The Morgan fingerprint density at radius 2 is 2.30 bits per heavy atom. The van der Waals surface area contributed by atoms with Gasteiger partial charge in [-0.15, -0.1) is 0 Å². The molecule has 0 saturated heterocycles. The maximum Gasteiger partial charge on any atom is 0.411 e. The molecule has 1 aliphatic rings. The highest BCUT2D eigenvalue weighted by Crippen LogP contribution is 2.20. The van der Waals surface area contributed by atoms with E-state index in [1.165, 1.54) is 32.8 Å². The smallest absolute Gasteiger partial charge is 0.411 e. The summed E-state index contributed by atoms with van der Waals surface area (Å²) >= 11 is 0. The lowest BCUT2D eigenvalue weighted by Gasteiger charge is -2.13. The number of nitrogens with one attached hydrogen (secondary N) is 2. The van der Waals surface area contributed by atoms with Gasteiger partial charge in [0.15, 0.2) is 0 Å². The molecule has 5 heteroatoms. The third-order valence-electron chi connectivity index (χ3n) is 3.33. The number of allylic oxidation sites excluding steroid dienone is 1. The zero-order chi connectivity index (χ0) is 14.2. The molecule has 1 aliphatic carbocycles. The van der Waals surface area contributed by atoms with Crippen LogP contribution in [-0.2, 0) is 4.74 Å². The van der Waals surface area contributed by atoms with Gasteiger partial charge in [-0.1, -0.05) is 11.6 Å². The van der Waals surface area contributed by atoms with Crippen LogP contribution in [0.4, 0.5) is 16.3 Å². The topological polar surface area (TPSA) is 63.2 Å². The second-order valence-corrected chi connectivity index (χ2v) is 4.83. The molecule has 0 spiro atoms. The average molecular weight is 275 g/mol. The minimum Gasteiger partial charge on any atom is -0.453 e. The Balaban J connectivity index is 1.75. The van der Waals surface area contributed by atoms with Crippen LogP contribution in [0.15, 0.2) is 30.0 Å². The first-order chi connectivity index (χ1) is 9.78. The summed E-state index contributed by atoms with van der Waals surface area (Å²) in [6, 6.07) is 3.65. The second-order valence-electron chi connectivity index (χ2n) is 4.83. The van der Waals surface area contributed by atoms with Crippen molar-refractivity contribution in [1.82, 2.24) is 4.98 Å². The number of rotatable bonds is 5. The van der Waals surface area contributed by atoms with Crippen molar-refractivity contribution in [1.29, 1.82) is 0 Å². The largest absolute Gasteiger partial charge is 0.453 e. The van der Waals surface area contributed by atoms with Gasteiger partial charge in [0.2, 0.25) is 0 Å². The number of methoxy groups -OCH3 is 1. The lowest BCUT2D eigenvalue weighted by molar-refractivity contribution is 0.187. The lowest BCUT2D eigenvalue weighted by atomic mass is 9.97. The fraction of sp³-hybridized carbons (Fsp3) is 0.467. The van der Waals surface area contributed by atoms with Gasteiger partial charge in [0.05, 0.1) is 19.0 Å². The van der Waals surface area contributed by atoms with Crippen LogP contribution in [0.3, 0.4) is 0 Å². The second kappa shape index (κ2) is 7.53. The maximum atomic E-state index is 11.0. The van der Waals surface area contributed by atoms with Crippen LogP contribution >= 0.6 is 0 Å². The highest BCUT2D eigenvalue weighted by Gasteiger charge is 2.04. The van der Waals surface area contributed by atoms with E-state index in [4.69, 9.17) is 0 Å². The number of hydrogen-bond acceptors (Lipinski definition) is 4. The van der Waals surface area contributed by atoms with Gasteiger partial charge in [-0.05, 0) is 44.2 Å². The number of anilines is 2. The Bertz CT molecular complexity index is 469. The van der Waals surface area contributed by atoms with Gasteiger partial charge in [-0.2, -0.15) is 0 Å². The Morgan fingerprint density at radius 3 is 2.95 bits per heavy atom. The van der Waals surface area contributed by atoms with Crippen molar-refractivity contribution >= 4 is 17.6 Å². The first-order valence-electron chi connectivity index (χ1n) is 7.01. The van der Waals surface area contributed by atoms with Crippen molar-refractivity contribution in [2.24, 2.45) is 0 Å². The molecular weight excluding hydrogens is 254 g/mol. The van der Waals surface area contributed by atoms with Crippen molar-refractivity contribution in [3.8, 4) is 0 Å². The van der Waals surface area contributed by atoms with Crippen LogP contribution in [0, 0.1) is 0 Å². The molecule has 1 aromatic rings. The molecule has 1 aromatic heterocycles. The standard InChI is InChI=1S/C15H21N3O2/c1-20-15(19)18-13-7-8-14(17-11-13)16-10-9-12-5-3-2-4-6-12/h5,7-8,11H,2-4,6,9-10H2,1H3,(H,16,17)(H,18,19). The fourth-order valence-electron chi connectivity index (χ4n) is 2.22. The molecule has 2 rings (SSSR count). The molecule has 0 bridgehead atoms. The Morgan fingerprint density at radius 1 is 1.40 bits per heavy atom. The molecule has 2 N–H and O–H groups in total. The molecule has 0 radical (unpaired) electrons. The molecule has 0 saturated carbocycles. The van der Waals surface area contributed by atoms with E-state index in [-0.39, 0.29) is 0 Å². The van der Waals surface area contributed by atoms with Crippen LogP contribution in [0.25, 0.3) is 0 Å². The Labute approximate surface area is 119 Å². The molecule has 0 aromatic carbocycles. The van der Waals surface area contributed by atoms with Gasteiger partial charge in [0.25, 0.3) is 0 Å². The van der Waals surface area contributed by atoms with Crippen molar-refractivity contribution in [3.05, 3.63) is 30.0 Å². The molecule has 0 aliphatic heterocycles. The zero-order valence-corrected chi connectivity index (χ0v) is 11.8. The van der Waals surface area contributed by atoms with E-state index in [0.717, 1.165) is 18.8 Å². The summed E-state index contributed by atoms with van der Waals surface area (Å²) in [5, 5.41) is 5.86. The Hall–Kier alpha value is -2.04. The minimum atomic E-state index is -0.489. The molecule has 108 valence electrons. The number of nitrogens with zero attached hydrogens (tertiary/aromatic N) is 1. The zero-order valence-electron chi connectivity index (χ0n) is 11.8.